The number of hydrogen-bond acceptors (Lipinski definition) is 1. The Morgan fingerprint density at radius 3 is 2.50 bits per heavy atom. The molecule has 0 aromatic heterocycles. The topological polar surface area (TPSA) is 20.2 Å². The van der Waals surface area contributed by atoms with Crippen LogP contribution in [-0.2, 0) is 0 Å². The zero-order chi connectivity index (χ0) is 9.97. The minimum Gasteiger partial charge on any atom is -0.392 e. The van der Waals surface area contributed by atoms with E-state index in [0.29, 0.717) is 11.8 Å². The summed E-state index contributed by atoms with van der Waals surface area (Å²) in [5, 5.41) is 9.90. The van der Waals surface area contributed by atoms with Crippen LogP contribution in [-0.4, -0.2) is 11.2 Å². The van der Waals surface area contributed by atoms with Crippen LogP contribution in [0.3, 0.4) is 0 Å². The SMILES string of the molecule is C=CC1CC(O)C(c2ccccc2)C1. The lowest BCUT2D eigenvalue weighted by molar-refractivity contribution is 0.162. The molecule has 0 aliphatic heterocycles. The molecule has 3 atom stereocenters. The molecule has 0 bridgehead atoms. The van der Waals surface area contributed by atoms with E-state index in [9.17, 15) is 5.11 Å². The summed E-state index contributed by atoms with van der Waals surface area (Å²) in [4.78, 5) is 0. The van der Waals surface area contributed by atoms with Gasteiger partial charge in [-0.25, -0.2) is 0 Å². The van der Waals surface area contributed by atoms with Crippen LogP contribution in [0.4, 0.5) is 0 Å². The zero-order valence-electron chi connectivity index (χ0n) is 8.26. The Morgan fingerprint density at radius 2 is 1.93 bits per heavy atom. The molecule has 0 radical (unpaired) electrons. The third-order valence-electron chi connectivity index (χ3n) is 3.13. The van der Waals surface area contributed by atoms with E-state index in [-0.39, 0.29) is 6.10 Å². The highest BCUT2D eigenvalue weighted by Crippen LogP contribution is 2.38. The van der Waals surface area contributed by atoms with Gasteiger partial charge in [0.2, 0.25) is 0 Å². The molecule has 3 unspecified atom stereocenters. The summed E-state index contributed by atoms with van der Waals surface area (Å²) in [6.45, 7) is 3.79. The van der Waals surface area contributed by atoms with Crippen molar-refractivity contribution in [3.05, 3.63) is 48.6 Å². The lowest BCUT2D eigenvalue weighted by Crippen LogP contribution is -2.10. The Balaban J connectivity index is 2.16. The smallest absolute Gasteiger partial charge is 0.0614 e. The fourth-order valence-electron chi connectivity index (χ4n) is 2.30. The van der Waals surface area contributed by atoms with Crippen LogP contribution in [0, 0.1) is 5.92 Å². The molecule has 1 aliphatic carbocycles. The zero-order valence-corrected chi connectivity index (χ0v) is 8.26. The van der Waals surface area contributed by atoms with Crippen LogP contribution >= 0.6 is 0 Å². The lowest BCUT2D eigenvalue weighted by Gasteiger charge is -2.13. The highest BCUT2D eigenvalue weighted by molar-refractivity contribution is 5.22. The first kappa shape index (κ1) is 9.47. The maximum absolute atomic E-state index is 9.90. The van der Waals surface area contributed by atoms with Crippen LogP contribution in [0.1, 0.15) is 24.3 Å². The molecule has 2 rings (SSSR count). The molecule has 1 fully saturated rings. The monoisotopic (exact) mass is 188 g/mol. The lowest BCUT2D eigenvalue weighted by atomic mass is 9.95. The molecular formula is C13H16O. The van der Waals surface area contributed by atoms with Gasteiger partial charge in [0, 0.05) is 5.92 Å². The molecule has 74 valence electrons. The van der Waals surface area contributed by atoms with E-state index in [2.05, 4.69) is 18.7 Å². The number of allylic oxidation sites excluding steroid dienone is 1. The van der Waals surface area contributed by atoms with Crippen molar-refractivity contribution in [1.82, 2.24) is 0 Å². The second kappa shape index (κ2) is 3.97. The third-order valence-corrected chi connectivity index (χ3v) is 3.13. The number of aliphatic hydroxyl groups excluding tert-OH is 1. The summed E-state index contributed by atoms with van der Waals surface area (Å²) >= 11 is 0. The third kappa shape index (κ3) is 1.73. The van der Waals surface area contributed by atoms with Crippen molar-refractivity contribution in [2.75, 3.05) is 0 Å². The maximum atomic E-state index is 9.90. The van der Waals surface area contributed by atoms with Crippen molar-refractivity contribution in [1.29, 1.82) is 0 Å². The number of benzene rings is 1. The average molecular weight is 188 g/mol. The van der Waals surface area contributed by atoms with Crippen molar-refractivity contribution < 1.29 is 5.11 Å². The van der Waals surface area contributed by atoms with Gasteiger partial charge in [-0.05, 0) is 24.3 Å². The molecule has 1 saturated carbocycles. The van der Waals surface area contributed by atoms with Gasteiger partial charge in [0.05, 0.1) is 6.10 Å². The number of hydrogen-bond donors (Lipinski definition) is 1. The second-order valence-corrected chi connectivity index (χ2v) is 4.05. The van der Waals surface area contributed by atoms with E-state index in [1.54, 1.807) is 0 Å². The summed E-state index contributed by atoms with van der Waals surface area (Å²) < 4.78 is 0. The first-order chi connectivity index (χ1) is 6.81. The highest BCUT2D eigenvalue weighted by Gasteiger charge is 2.31. The summed E-state index contributed by atoms with van der Waals surface area (Å²) in [5.41, 5.74) is 1.25. The minimum atomic E-state index is -0.194. The van der Waals surface area contributed by atoms with Gasteiger partial charge in [-0.1, -0.05) is 36.4 Å². The molecular weight excluding hydrogens is 172 g/mol. The molecule has 0 saturated heterocycles. The quantitative estimate of drug-likeness (QED) is 0.707. The predicted octanol–water partition coefficient (Wildman–Crippen LogP) is 2.73. The van der Waals surface area contributed by atoms with E-state index in [1.165, 1.54) is 5.56 Å². The first-order valence-corrected chi connectivity index (χ1v) is 5.17. The summed E-state index contributed by atoms with van der Waals surface area (Å²) in [5.74, 6) is 0.786. The van der Waals surface area contributed by atoms with E-state index < -0.39 is 0 Å². The minimum absolute atomic E-state index is 0.194. The Labute approximate surface area is 85.1 Å². The molecule has 1 aromatic carbocycles. The van der Waals surface area contributed by atoms with Crippen molar-refractivity contribution in [3.8, 4) is 0 Å². The van der Waals surface area contributed by atoms with Gasteiger partial charge in [0.1, 0.15) is 0 Å². The molecule has 1 heteroatoms. The van der Waals surface area contributed by atoms with Gasteiger partial charge in [0.25, 0.3) is 0 Å². The van der Waals surface area contributed by atoms with Crippen LogP contribution in [0.5, 0.6) is 0 Å². The van der Waals surface area contributed by atoms with Crippen LogP contribution in [0.25, 0.3) is 0 Å². The Bertz CT molecular complexity index is 304. The Kier molecular flexibility index (Phi) is 2.69. The van der Waals surface area contributed by atoms with Gasteiger partial charge >= 0.3 is 0 Å². The molecule has 0 spiro atoms. The number of aliphatic hydroxyl groups is 1. The fraction of sp³-hybridized carbons (Fsp3) is 0.385. The second-order valence-electron chi connectivity index (χ2n) is 4.05. The van der Waals surface area contributed by atoms with E-state index in [4.69, 9.17) is 0 Å². The average Bonchev–Trinajstić information content (AvgIpc) is 2.61. The first-order valence-electron chi connectivity index (χ1n) is 5.17. The van der Waals surface area contributed by atoms with E-state index >= 15 is 0 Å². The number of rotatable bonds is 2. The van der Waals surface area contributed by atoms with E-state index in [1.807, 2.05) is 24.3 Å². The molecule has 1 nitrogen and oxygen atoms in total. The normalized spacial score (nSPS) is 31.6. The molecule has 1 N–H and O–H groups in total. The van der Waals surface area contributed by atoms with Crippen molar-refractivity contribution in [3.63, 3.8) is 0 Å². The van der Waals surface area contributed by atoms with Gasteiger partial charge in [0.15, 0.2) is 0 Å². The van der Waals surface area contributed by atoms with Crippen molar-refractivity contribution in [2.45, 2.75) is 24.9 Å². The molecule has 0 amide bonds. The van der Waals surface area contributed by atoms with E-state index in [0.717, 1.165) is 12.8 Å². The van der Waals surface area contributed by atoms with Gasteiger partial charge < -0.3 is 5.11 Å². The Morgan fingerprint density at radius 1 is 1.21 bits per heavy atom. The van der Waals surface area contributed by atoms with Crippen LogP contribution < -0.4 is 0 Å². The summed E-state index contributed by atoms with van der Waals surface area (Å²) in [7, 11) is 0. The highest BCUT2D eigenvalue weighted by atomic mass is 16.3. The maximum Gasteiger partial charge on any atom is 0.0614 e. The Hall–Kier alpha value is -1.08. The summed E-state index contributed by atoms with van der Waals surface area (Å²) in [6, 6.07) is 10.3. The van der Waals surface area contributed by atoms with Crippen LogP contribution in [0.15, 0.2) is 43.0 Å². The molecule has 1 aromatic rings. The molecule has 0 heterocycles. The van der Waals surface area contributed by atoms with Crippen molar-refractivity contribution >= 4 is 0 Å². The standard InChI is InChI=1S/C13H16O/c1-2-10-8-12(13(14)9-10)11-6-4-3-5-7-11/h2-7,10,12-14H,1,8-9H2. The van der Waals surface area contributed by atoms with Crippen molar-refractivity contribution in [2.24, 2.45) is 5.92 Å². The van der Waals surface area contributed by atoms with Crippen LogP contribution in [0.2, 0.25) is 0 Å². The fourth-order valence-corrected chi connectivity index (χ4v) is 2.30. The predicted molar refractivity (Wildman–Crippen MR) is 58.1 cm³/mol. The molecule has 1 aliphatic rings. The molecule has 14 heavy (non-hydrogen) atoms. The summed E-state index contributed by atoms with van der Waals surface area (Å²) in [6.07, 6.45) is 3.67. The van der Waals surface area contributed by atoms with Gasteiger partial charge in [-0.3, -0.25) is 0 Å². The largest absolute Gasteiger partial charge is 0.392 e. The van der Waals surface area contributed by atoms with Gasteiger partial charge in [-0.2, -0.15) is 0 Å². The van der Waals surface area contributed by atoms with Gasteiger partial charge in [-0.15, -0.1) is 6.58 Å².